The van der Waals surface area contributed by atoms with Crippen molar-refractivity contribution in [2.75, 3.05) is 26.2 Å². The molecule has 1 saturated heterocycles. The van der Waals surface area contributed by atoms with E-state index in [-0.39, 0.29) is 6.04 Å². The predicted molar refractivity (Wildman–Crippen MR) is 82.4 cm³/mol. The lowest BCUT2D eigenvalue weighted by atomic mass is 9.88. The van der Waals surface area contributed by atoms with Crippen molar-refractivity contribution in [1.82, 2.24) is 10.2 Å². The zero-order chi connectivity index (χ0) is 15.4. The average molecular weight is 296 g/mol. The van der Waals surface area contributed by atoms with Crippen LogP contribution in [0.5, 0.6) is 0 Å². The van der Waals surface area contributed by atoms with E-state index in [1.54, 1.807) is 19.1 Å². The van der Waals surface area contributed by atoms with Gasteiger partial charge in [-0.1, -0.05) is 32.4 Å². The molecule has 1 aliphatic rings. The molecular formula is C17H26F2N2. The summed E-state index contributed by atoms with van der Waals surface area (Å²) in [6, 6.07) is 3.43. The lowest BCUT2D eigenvalue weighted by Gasteiger charge is -2.39. The van der Waals surface area contributed by atoms with Crippen LogP contribution in [-0.4, -0.2) is 31.1 Å². The van der Waals surface area contributed by atoms with Crippen LogP contribution in [-0.2, 0) is 0 Å². The Morgan fingerprint density at radius 3 is 2.48 bits per heavy atom. The van der Waals surface area contributed by atoms with E-state index < -0.39 is 11.6 Å². The van der Waals surface area contributed by atoms with Crippen molar-refractivity contribution in [3.63, 3.8) is 0 Å². The molecule has 0 bridgehead atoms. The number of hydrogen-bond donors (Lipinski definition) is 1. The third kappa shape index (κ3) is 3.61. The van der Waals surface area contributed by atoms with Gasteiger partial charge in [0.25, 0.3) is 0 Å². The second kappa shape index (κ2) is 7.32. The van der Waals surface area contributed by atoms with Gasteiger partial charge in [0.05, 0.1) is 0 Å². The first-order chi connectivity index (χ1) is 10.1. The lowest BCUT2D eigenvalue weighted by Crippen LogP contribution is -2.46. The maximum absolute atomic E-state index is 14.5. The summed E-state index contributed by atoms with van der Waals surface area (Å²) in [6.45, 7) is 9.47. The Morgan fingerprint density at radius 1 is 1.19 bits per heavy atom. The number of hydrogen-bond acceptors (Lipinski definition) is 2. The molecule has 21 heavy (non-hydrogen) atoms. The van der Waals surface area contributed by atoms with Gasteiger partial charge in [-0.05, 0) is 24.8 Å². The van der Waals surface area contributed by atoms with Crippen LogP contribution in [0.25, 0.3) is 0 Å². The van der Waals surface area contributed by atoms with E-state index >= 15 is 0 Å². The monoisotopic (exact) mass is 296 g/mol. The molecular weight excluding hydrogens is 270 g/mol. The van der Waals surface area contributed by atoms with E-state index in [9.17, 15) is 8.78 Å². The molecule has 0 aliphatic carbocycles. The molecule has 1 aliphatic heterocycles. The van der Waals surface area contributed by atoms with Crippen molar-refractivity contribution >= 4 is 0 Å². The molecule has 1 fully saturated rings. The largest absolute Gasteiger partial charge is 0.314 e. The number of aryl methyl sites for hydroxylation is 1. The Morgan fingerprint density at radius 2 is 1.86 bits per heavy atom. The van der Waals surface area contributed by atoms with Gasteiger partial charge in [0.15, 0.2) is 11.6 Å². The number of rotatable bonds is 5. The third-order valence-electron chi connectivity index (χ3n) is 4.45. The van der Waals surface area contributed by atoms with Crippen LogP contribution in [0.15, 0.2) is 12.1 Å². The summed E-state index contributed by atoms with van der Waals surface area (Å²) < 4.78 is 28.4. The molecule has 2 nitrogen and oxygen atoms in total. The first kappa shape index (κ1) is 16.4. The maximum atomic E-state index is 14.5. The highest BCUT2D eigenvalue weighted by Crippen LogP contribution is 2.34. The first-order valence-corrected chi connectivity index (χ1v) is 7.95. The van der Waals surface area contributed by atoms with Crippen molar-refractivity contribution < 1.29 is 8.78 Å². The van der Waals surface area contributed by atoms with Crippen molar-refractivity contribution in [3.05, 3.63) is 34.9 Å². The Kier molecular flexibility index (Phi) is 5.71. The zero-order valence-electron chi connectivity index (χ0n) is 13.3. The van der Waals surface area contributed by atoms with Crippen LogP contribution in [0, 0.1) is 24.5 Å². The van der Waals surface area contributed by atoms with E-state index in [2.05, 4.69) is 24.1 Å². The SMILES string of the molecule is CCCC(C)[C@H](c1ccc(C)c(F)c1F)N1CCNCC1. The van der Waals surface area contributed by atoms with Crippen LogP contribution in [0.4, 0.5) is 8.78 Å². The van der Waals surface area contributed by atoms with Crippen LogP contribution in [0.3, 0.4) is 0 Å². The molecule has 2 rings (SSSR count). The van der Waals surface area contributed by atoms with Gasteiger partial charge in [-0.3, -0.25) is 4.90 Å². The predicted octanol–water partition coefficient (Wildman–Crippen LogP) is 3.66. The Bertz CT molecular complexity index is 470. The van der Waals surface area contributed by atoms with Crippen molar-refractivity contribution in [1.29, 1.82) is 0 Å². The highest BCUT2D eigenvalue weighted by atomic mass is 19.2. The molecule has 0 saturated carbocycles. The van der Waals surface area contributed by atoms with E-state index in [0.717, 1.165) is 39.0 Å². The molecule has 118 valence electrons. The number of nitrogens with zero attached hydrogens (tertiary/aromatic N) is 1. The number of nitrogens with one attached hydrogen (secondary N) is 1. The standard InChI is InChI=1S/C17H26F2N2/c1-4-5-13(3)17(21-10-8-20-9-11-21)14-7-6-12(2)15(18)16(14)19/h6-7,13,17,20H,4-5,8-11H2,1-3H3/t13?,17-/m1/s1. The number of piperazine rings is 1. The molecule has 1 heterocycles. The minimum atomic E-state index is -0.698. The summed E-state index contributed by atoms with van der Waals surface area (Å²) >= 11 is 0. The summed E-state index contributed by atoms with van der Waals surface area (Å²) in [5.41, 5.74) is 0.888. The fourth-order valence-corrected chi connectivity index (χ4v) is 3.33. The average Bonchev–Trinajstić information content (AvgIpc) is 2.49. The Balaban J connectivity index is 2.36. The van der Waals surface area contributed by atoms with Crippen molar-refractivity contribution in [3.8, 4) is 0 Å². The van der Waals surface area contributed by atoms with Gasteiger partial charge >= 0.3 is 0 Å². The minimum Gasteiger partial charge on any atom is -0.314 e. The van der Waals surface area contributed by atoms with E-state index in [1.807, 2.05) is 0 Å². The van der Waals surface area contributed by atoms with Gasteiger partial charge < -0.3 is 5.32 Å². The smallest absolute Gasteiger partial charge is 0.163 e. The summed E-state index contributed by atoms with van der Waals surface area (Å²) in [7, 11) is 0. The molecule has 2 atom stereocenters. The third-order valence-corrected chi connectivity index (χ3v) is 4.45. The normalized spacial score (nSPS) is 19.5. The minimum absolute atomic E-state index is 0.0397. The van der Waals surface area contributed by atoms with Crippen LogP contribution in [0.2, 0.25) is 0 Å². The molecule has 1 unspecified atom stereocenters. The van der Waals surface area contributed by atoms with Gasteiger partial charge in [0.1, 0.15) is 0 Å². The van der Waals surface area contributed by atoms with E-state index in [4.69, 9.17) is 0 Å². The fraction of sp³-hybridized carbons (Fsp3) is 0.647. The second-order valence-corrected chi connectivity index (χ2v) is 6.10. The number of benzene rings is 1. The highest BCUT2D eigenvalue weighted by molar-refractivity contribution is 5.28. The molecule has 0 radical (unpaired) electrons. The Hall–Kier alpha value is -1.00. The summed E-state index contributed by atoms with van der Waals surface area (Å²) in [5.74, 6) is -1.05. The molecule has 0 aromatic heterocycles. The van der Waals surface area contributed by atoms with Crippen LogP contribution < -0.4 is 5.32 Å². The fourth-order valence-electron chi connectivity index (χ4n) is 3.33. The van der Waals surface area contributed by atoms with E-state index in [0.29, 0.717) is 17.0 Å². The van der Waals surface area contributed by atoms with Gasteiger partial charge in [-0.25, -0.2) is 8.78 Å². The zero-order valence-corrected chi connectivity index (χ0v) is 13.3. The topological polar surface area (TPSA) is 15.3 Å². The lowest BCUT2D eigenvalue weighted by molar-refractivity contribution is 0.122. The van der Waals surface area contributed by atoms with Crippen LogP contribution >= 0.6 is 0 Å². The quantitative estimate of drug-likeness (QED) is 0.892. The Labute approximate surface area is 126 Å². The van der Waals surface area contributed by atoms with Crippen molar-refractivity contribution in [2.45, 2.75) is 39.7 Å². The summed E-state index contributed by atoms with van der Waals surface area (Å²) in [5, 5.41) is 3.32. The molecule has 0 spiro atoms. The molecule has 0 amide bonds. The molecule has 1 aromatic carbocycles. The van der Waals surface area contributed by atoms with E-state index in [1.165, 1.54) is 0 Å². The summed E-state index contributed by atoms with van der Waals surface area (Å²) in [6.07, 6.45) is 2.07. The highest BCUT2D eigenvalue weighted by Gasteiger charge is 2.30. The van der Waals surface area contributed by atoms with Gasteiger partial charge in [-0.2, -0.15) is 0 Å². The molecule has 4 heteroatoms. The first-order valence-electron chi connectivity index (χ1n) is 7.95. The molecule has 1 N–H and O–H groups in total. The van der Waals surface area contributed by atoms with Gasteiger partial charge in [0, 0.05) is 37.8 Å². The summed E-state index contributed by atoms with van der Waals surface area (Å²) in [4.78, 5) is 2.30. The van der Waals surface area contributed by atoms with Gasteiger partial charge in [-0.15, -0.1) is 0 Å². The number of halogens is 2. The van der Waals surface area contributed by atoms with Gasteiger partial charge in [0.2, 0.25) is 0 Å². The van der Waals surface area contributed by atoms with Crippen molar-refractivity contribution in [2.24, 2.45) is 5.92 Å². The second-order valence-electron chi connectivity index (χ2n) is 6.10. The van der Waals surface area contributed by atoms with Crippen LogP contribution in [0.1, 0.15) is 43.9 Å². The maximum Gasteiger partial charge on any atom is 0.163 e. The molecule has 1 aromatic rings.